The fourth-order valence-corrected chi connectivity index (χ4v) is 2.76. The van der Waals surface area contributed by atoms with Crippen molar-refractivity contribution in [3.05, 3.63) is 17.8 Å². The number of nitrogens with zero attached hydrogens (tertiary/aromatic N) is 3. The minimum Gasteiger partial charge on any atom is -0.377 e. The zero-order chi connectivity index (χ0) is 13.8. The highest BCUT2D eigenvalue weighted by molar-refractivity contribution is 7.98. The Labute approximate surface area is 120 Å². The summed E-state index contributed by atoms with van der Waals surface area (Å²) in [5.41, 5.74) is 2.41. The maximum absolute atomic E-state index is 5.52. The van der Waals surface area contributed by atoms with Gasteiger partial charge in [-0.25, -0.2) is 4.98 Å². The topological polar surface area (TPSA) is 28.6 Å². The van der Waals surface area contributed by atoms with Crippen LogP contribution in [0.5, 0.6) is 0 Å². The molecule has 0 saturated carbocycles. The van der Waals surface area contributed by atoms with Crippen LogP contribution in [-0.2, 0) is 11.3 Å². The highest BCUT2D eigenvalue weighted by Gasteiger charge is 2.22. The lowest BCUT2D eigenvalue weighted by atomic mass is 10.2. The molecule has 2 rings (SSSR count). The van der Waals surface area contributed by atoms with E-state index in [1.54, 1.807) is 11.8 Å². The summed E-state index contributed by atoms with van der Waals surface area (Å²) >= 11 is 1.69. The van der Waals surface area contributed by atoms with Gasteiger partial charge in [0.2, 0.25) is 0 Å². The van der Waals surface area contributed by atoms with E-state index in [1.807, 2.05) is 0 Å². The maximum atomic E-state index is 5.52. The van der Waals surface area contributed by atoms with Gasteiger partial charge in [-0.1, -0.05) is 0 Å². The Kier molecular flexibility index (Phi) is 5.07. The van der Waals surface area contributed by atoms with Crippen LogP contribution in [0.3, 0.4) is 0 Å². The van der Waals surface area contributed by atoms with Crippen molar-refractivity contribution in [3.63, 3.8) is 0 Å². The average Bonchev–Trinajstić information content (AvgIpc) is 2.39. The molecule has 0 amide bonds. The first-order chi connectivity index (χ1) is 9.11. The number of anilines is 1. The molecule has 1 aliphatic heterocycles. The van der Waals surface area contributed by atoms with E-state index in [0.29, 0.717) is 6.04 Å². The molecular weight excluding hydrogens is 258 g/mol. The fourth-order valence-electron chi connectivity index (χ4n) is 2.35. The zero-order valence-corrected chi connectivity index (χ0v) is 13.0. The van der Waals surface area contributed by atoms with Crippen molar-refractivity contribution in [2.24, 2.45) is 0 Å². The number of morpholine rings is 1. The number of aromatic nitrogens is 1. The van der Waals surface area contributed by atoms with Crippen molar-refractivity contribution >= 4 is 17.4 Å². The Bertz CT molecular complexity index is 425. The third-order valence-corrected chi connectivity index (χ3v) is 3.92. The number of pyridine rings is 1. The number of ether oxygens (including phenoxy) is 1. The first-order valence-corrected chi connectivity index (χ1v) is 7.87. The minimum atomic E-state index is 0.414. The summed E-state index contributed by atoms with van der Waals surface area (Å²) in [6.07, 6.45) is 2.07. The zero-order valence-electron chi connectivity index (χ0n) is 12.2. The molecule has 5 heteroatoms. The number of thioether (sulfide) groups is 1. The van der Waals surface area contributed by atoms with E-state index in [0.717, 1.165) is 37.0 Å². The van der Waals surface area contributed by atoms with Gasteiger partial charge >= 0.3 is 0 Å². The Morgan fingerprint density at radius 1 is 1.47 bits per heavy atom. The fraction of sp³-hybridized carbons (Fsp3) is 0.643. The number of rotatable bonds is 4. The minimum absolute atomic E-state index is 0.414. The Morgan fingerprint density at radius 3 is 2.89 bits per heavy atom. The predicted molar refractivity (Wildman–Crippen MR) is 81.0 cm³/mol. The second kappa shape index (κ2) is 6.59. The van der Waals surface area contributed by atoms with Gasteiger partial charge in [-0.3, -0.25) is 0 Å². The standard InChI is InChI=1S/C14H23N3OS/c1-11-10-18-8-7-17(11)13-5-6-14(19-4)15-12(13)9-16(2)3/h5-6,11H,7-10H2,1-4H3. The third-order valence-electron chi connectivity index (χ3n) is 3.28. The summed E-state index contributed by atoms with van der Waals surface area (Å²) in [6.45, 7) is 5.62. The second-order valence-electron chi connectivity index (χ2n) is 5.17. The molecule has 1 aromatic rings. The van der Waals surface area contributed by atoms with Crippen LogP contribution in [0.1, 0.15) is 12.6 Å². The summed E-state index contributed by atoms with van der Waals surface area (Å²) in [4.78, 5) is 9.36. The molecule has 4 nitrogen and oxygen atoms in total. The molecule has 0 aromatic carbocycles. The molecule has 1 unspecified atom stereocenters. The summed E-state index contributed by atoms with van der Waals surface area (Å²) in [5.74, 6) is 0. The Morgan fingerprint density at radius 2 is 2.26 bits per heavy atom. The van der Waals surface area contributed by atoms with Crippen molar-refractivity contribution in [2.45, 2.75) is 24.5 Å². The maximum Gasteiger partial charge on any atom is 0.0962 e. The van der Waals surface area contributed by atoms with Crippen LogP contribution in [0.2, 0.25) is 0 Å². The first kappa shape index (κ1) is 14.6. The molecule has 1 aliphatic rings. The highest BCUT2D eigenvalue weighted by atomic mass is 32.2. The van der Waals surface area contributed by atoms with E-state index in [9.17, 15) is 0 Å². The van der Waals surface area contributed by atoms with Crippen LogP contribution in [0.25, 0.3) is 0 Å². The van der Waals surface area contributed by atoms with Gasteiger partial charge in [-0.2, -0.15) is 0 Å². The Balaban J connectivity index is 2.31. The molecular formula is C14H23N3OS. The van der Waals surface area contributed by atoms with Crippen LogP contribution >= 0.6 is 11.8 Å². The molecule has 0 bridgehead atoms. The molecule has 2 heterocycles. The molecule has 0 N–H and O–H groups in total. The van der Waals surface area contributed by atoms with Gasteiger partial charge in [0.25, 0.3) is 0 Å². The van der Waals surface area contributed by atoms with E-state index in [-0.39, 0.29) is 0 Å². The quantitative estimate of drug-likeness (QED) is 0.788. The monoisotopic (exact) mass is 281 g/mol. The van der Waals surface area contributed by atoms with Gasteiger partial charge in [0.05, 0.1) is 29.6 Å². The van der Waals surface area contributed by atoms with Gasteiger partial charge in [0.1, 0.15) is 0 Å². The van der Waals surface area contributed by atoms with Crippen molar-refractivity contribution in [1.82, 2.24) is 9.88 Å². The lowest BCUT2D eigenvalue weighted by Crippen LogP contribution is -2.44. The third kappa shape index (κ3) is 3.61. The lowest BCUT2D eigenvalue weighted by molar-refractivity contribution is 0.0987. The van der Waals surface area contributed by atoms with Gasteiger partial charge in [0.15, 0.2) is 0 Å². The molecule has 0 radical (unpaired) electrons. The van der Waals surface area contributed by atoms with Gasteiger partial charge in [-0.15, -0.1) is 11.8 Å². The molecule has 0 spiro atoms. The first-order valence-electron chi connectivity index (χ1n) is 6.65. The number of hydrogen-bond acceptors (Lipinski definition) is 5. The molecule has 0 aliphatic carbocycles. The van der Waals surface area contributed by atoms with Crippen molar-refractivity contribution in [3.8, 4) is 0 Å². The van der Waals surface area contributed by atoms with Gasteiger partial charge < -0.3 is 14.5 Å². The second-order valence-corrected chi connectivity index (χ2v) is 6.00. The largest absolute Gasteiger partial charge is 0.377 e. The predicted octanol–water partition coefficient (Wildman–Crippen LogP) is 2.09. The molecule has 1 fully saturated rings. The molecule has 106 valence electrons. The number of hydrogen-bond donors (Lipinski definition) is 0. The molecule has 1 aromatic heterocycles. The van der Waals surface area contributed by atoms with E-state index < -0.39 is 0 Å². The summed E-state index contributed by atoms with van der Waals surface area (Å²) in [7, 11) is 4.17. The van der Waals surface area contributed by atoms with Crippen LogP contribution in [0, 0.1) is 0 Å². The van der Waals surface area contributed by atoms with Gasteiger partial charge in [0, 0.05) is 19.1 Å². The van der Waals surface area contributed by atoms with Crippen LogP contribution in [0.4, 0.5) is 5.69 Å². The summed E-state index contributed by atoms with van der Waals surface area (Å²) in [5, 5.41) is 1.08. The van der Waals surface area contributed by atoms with Crippen LogP contribution in [-0.4, -0.2) is 56.0 Å². The van der Waals surface area contributed by atoms with E-state index in [4.69, 9.17) is 9.72 Å². The average molecular weight is 281 g/mol. The Hall–Kier alpha value is -0.780. The molecule has 1 atom stereocenters. The summed E-state index contributed by atoms with van der Waals surface area (Å²) in [6, 6.07) is 4.73. The van der Waals surface area contributed by atoms with Crippen molar-refractivity contribution < 1.29 is 4.74 Å². The van der Waals surface area contributed by atoms with Crippen molar-refractivity contribution in [1.29, 1.82) is 0 Å². The SMILES string of the molecule is CSc1ccc(N2CCOCC2C)c(CN(C)C)n1. The summed E-state index contributed by atoms with van der Waals surface area (Å²) < 4.78 is 5.52. The normalized spacial score (nSPS) is 20.1. The smallest absolute Gasteiger partial charge is 0.0962 e. The van der Waals surface area contributed by atoms with E-state index in [1.165, 1.54) is 5.69 Å². The van der Waals surface area contributed by atoms with E-state index >= 15 is 0 Å². The van der Waals surface area contributed by atoms with Crippen LogP contribution in [0.15, 0.2) is 17.2 Å². The lowest BCUT2D eigenvalue weighted by Gasteiger charge is -2.36. The highest BCUT2D eigenvalue weighted by Crippen LogP contribution is 2.26. The van der Waals surface area contributed by atoms with Crippen LogP contribution < -0.4 is 4.90 Å². The van der Waals surface area contributed by atoms with E-state index in [2.05, 4.69) is 49.2 Å². The van der Waals surface area contributed by atoms with Crippen molar-refractivity contribution in [2.75, 3.05) is 45.0 Å². The molecule has 19 heavy (non-hydrogen) atoms. The van der Waals surface area contributed by atoms with Gasteiger partial charge in [-0.05, 0) is 39.4 Å². The molecule has 1 saturated heterocycles.